The quantitative estimate of drug-likeness (QED) is 0.621. The molecule has 0 saturated carbocycles. The summed E-state index contributed by atoms with van der Waals surface area (Å²) in [4.78, 5) is 20.4. The second kappa shape index (κ2) is 9.45. The van der Waals surface area contributed by atoms with E-state index < -0.39 is 32.6 Å². The van der Waals surface area contributed by atoms with Crippen molar-refractivity contribution in [2.75, 3.05) is 25.0 Å². The number of aromatic nitrogens is 1. The molecule has 0 radical (unpaired) electrons. The lowest BCUT2D eigenvalue weighted by Crippen LogP contribution is -2.37. The van der Waals surface area contributed by atoms with Crippen LogP contribution in [0.15, 0.2) is 65.5 Å². The Morgan fingerprint density at radius 3 is 2.58 bits per heavy atom. The number of sulfonamides is 1. The topological polar surface area (TPSA) is 101 Å². The number of alkyl halides is 3. The number of carbonyl (C=O) groups is 1. The fraction of sp³-hybridized carbons (Fsp3) is 0.263. The van der Waals surface area contributed by atoms with Gasteiger partial charge >= 0.3 is 6.18 Å². The maximum absolute atomic E-state index is 12.9. The van der Waals surface area contributed by atoms with Crippen molar-refractivity contribution >= 4 is 21.6 Å². The minimum absolute atomic E-state index is 0.0456. The Kier molecular flexibility index (Phi) is 6.93. The number of rotatable bonds is 7. The number of nitrogens with zero attached hydrogens (tertiary/aromatic N) is 2. The minimum atomic E-state index is -4.63. The first kappa shape index (κ1) is 22.7. The highest BCUT2D eigenvalue weighted by Crippen LogP contribution is 2.31. The van der Waals surface area contributed by atoms with E-state index in [1.54, 1.807) is 12.1 Å². The summed E-state index contributed by atoms with van der Waals surface area (Å²) in [6.07, 6.45) is 0.201. The molecule has 31 heavy (non-hydrogen) atoms. The Labute approximate surface area is 176 Å². The van der Waals surface area contributed by atoms with E-state index in [1.807, 2.05) is 0 Å². The highest BCUT2D eigenvalue weighted by molar-refractivity contribution is 7.89. The molecule has 0 fully saturated rings. The van der Waals surface area contributed by atoms with Crippen LogP contribution < -0.4 is 10.8 Å². The third kappa shape index (κ3) is 6.03. The van der Waals surface area contributed by atoms with Gasteiger partial charge in [-0.2, -0.15) is 17.5 Å². The van der Waals surface area contributed by atoms with Crippen molar-refractivity contribution < 1.29 is 31.2 Å². The Morgan fingerprint density at radius 2 is 1.94 bits per heavy atom. The van der Waals surface area contributed by atoms with Gasteiger partial charge in [0.15, 0.2) is 6.61 Å². The third-order valence-corrected chi connectivity index (χ3v) is 6.20. The van der Waals surface area contributed by atoms with Gasteiger partial charge in [-0.05, 0) is 36.4 Å². The molecule has 0 saturated heterocycles. The van der Waals surface area contributed by atoms with Crippen LogP contribution in [0.5, 0.6) is 0 Å². The summed E-state index contributed by atoms with van der Waals surface area (Å²) in [6, 6.07) is 6.87. The van der Waals surface area contributed by atoms with Gasteiger partial charge in [-0.15, -0.1) is 0 Å². The summed E-state index contributed by atoms with van der Waals surface area (Å²) in [5, 5.41) is 2.61. The highest BCUT2D eigenvalue weighted by Gasteiger charge is 2.33. The van der Waals surface area contributed by atoms with Crippen molar-refractivity contribution in [2.45, 2.75) is 17.5 Å². The number of anilines is 1. The van der Waals surface area contributed by atoms with E-state index in [4.69, 9.17) is 4.84 Å². The minimum Gasteiger partial charge on any atom is -0.324 e. The average molecular weight is 456 g/mol. The van der Waals surface area contributed by atoms with Gasteiger partial charge in [-0.3, -0.25) is 20.1 Å². The van der Waals surface area contributed by atoms with E-state index in [0.29, 0.717) is 17.5 Å². The number of carbonyl (C=O) groups excluding carboxylic acids is 1. The summed E-state index contributed by atoms with van der Waals surface area (Å²) >= 11 is 0. The average Bonchev–Trinajstić information content (AvgIpc) is 2.74. The number of amides is 1. The number of hydrogen-bond acceptors (Lipinski definition) is 6. The van der Waals surface area contributed by atoms with Crippen molar-refractivity contribution in [3.63, 3.8) is 0 Å². The SMILES string of the molecule is O=C(CONC1=CCN(S(=O)(=O)c2cccc(C(F)(F)F)c2)CC1)Nc1ccncc1. The van der Waals surface area contributed by atoms with E-state index in [1.165, 1.54) is 18.5 Å². The summed E-state index contributed by atoms with van der Waals surface area (Å²) in [7, 11) is -4.09. The molecule has 0 atom stereocenters. The standard InChI is InChI=1S/C19H19F3N4O4S/c20-19(21,22)14-2-1-3-17(12-14)31(28,29)26-10-6-16(7-11-26)25-30-13-18(27)24-15-4-8-23-9-5-15/h1-6,8-9,12,25H,7,10-11,13H2,(H,23,24,27). The predicted molar refractivity (Wildman–Crippen MR) is 105 cm³/mol. The molecule has 1 aromatic heterocycles. The lowest BCUT2D eigenvalue weighted by molar-refractivity contribution is -0.137. The van der Waals surface area contributed by atoms with E-state index in [0.717, 1.165) is 22.5 Å². The van der Waals surface area contributed by atoms with Crippen LogP contribution in [-0.2, 0) is 25.8 Å². The zero-order chi connectivity index (χ0) is 22.5. The lowest BCUT2D eigenvalue weighted by atomic mass is 10.2. The normalized spacial score (nSPS) is 15.3. The molecular formula is C19H19F3N4O4S. The monoisotopic (exact) mass is 456 g/mol. The second-order valence-electron chi connectivity index (χ2n) is 6.54. The van der Waals surface area contributed by atoms with Crippen LogP contribution in [0.3, 0.4) is 0 Å². The van der Waals surface area contributed by atoms with Gasteiger partial charge in [0.25, 0.3) is 5.91 Å². The molecule has 1 aliphatic rings. The molecule has 3 rings (SSSR count). The smallest absolute Gasteiger partial charge is 0.324 e. The zero-order valence-electron chi connectivity index (χ0n) is 16.1. The maximum atomic E-state index is 12.9. The van der Waals surface area contributed by atoms with E-state index in [9.17, 15) is 26.4 Å². The van der Waals surface area contributed by atoms with Gasteiger partial charge in [0.05, 0.1) is 10.5 Å². The van der Waals surface area contributed by atoms with E-state index in [-0.39, 0.29) is 26.1 Å². The summed E-state index contributed by atoms with van der Waals surface area (Å²) < 4.78 is 65.0. The van der Waals surface area contributed by atoms with Crippen LogP contribution in [0.4, 0.5) is 18.9 Å². The van der Waals surface area contributed by atoms with Crippen LogP contribution in [0.2, 0.25) is 0 Å². The molecule has 0 bridgehead atoms. The van der Waals surface area contributed by atoms with Crippen molar-refractivity contribution in [3.05, 3.63) is 66.1 Å². The van der Waals surface area contributed by atoms with Gasteiger partial charge in [0, 0.05) is 43.3 Å². The van der Waals surface area contributed by atoms with Crippen molar-refractivity contribution in [1.82, 2.24) is 14.8 Å². The molecule has 1 aromatic carbocycles. The molecule has 8 nitrogen and oxygen atoms in total. The molecule has 0 spiro atoms. The first-order valence-electron chi connectivity index (χ1n) is 9.10. The van der Waals surface area contributed by atoms with Crippen LogP contribution in [0, 0.1) is 0 Å². The lowest BCUT2D eigenvalue weighted by Gasteiger charge is -2.26. The molecule has 12 heteroatoms. The molecular weight excluding hydrogens is 437 g/mol. The largest absolute Gasteiger partial charge is 0.416 e. The van der Waals surface area contributed by atoms with Crippen molar-refractivity contribution in [1.29, 1.82) is 0 Å². The van der Waals surface area contributed by atoms with Gasteiger partial charge in [0.2, 0.25) is 10.0 Å². The number of benzene rings is 1. The van der Waals surface area contributed by atoms with Crippen molar-refractivity contribution in [3.8, 4) is 0 Å². The zero-order valence-corrected chi connectivity index (χ0v) is 16.9. The third-order valence-electron chi connectivity index (χ3n) is 4.34. The molecule has 166 valence electrons. The predicted octanol–water partition coefficient (Wildman–Crippen LogP) is 2.54. The first-order chi connectivity index (χ1) is 14.7. The van der Waals surface area contributed by atoms with Crippen molar-refractivity contribution in [2.24, 2.45) is 0 Å². The molecule has 2 aromatic rings. The Morgan fingerprint density at radius 1 is 1.19 bits per heavy atom. The van der Waals surface area contributed by atoms with Gasteiger partial charge in [0.1, 0.15) is 0 Å². The molecule has 1 aliphatic heterocycles. The summed E-state index contributed by atoms with van der Waals surface area (Å²) in [6.45, 7) is -0.288. The number of hydroxylamine groups is 1. The second-order valence-corrected chi connectivity index (χ2v) is 8.48. The molecule has 2 heterocycles. The molecule has 0 aliphatic carbocycles. The van der Waals surface area contributed by atoms with Gasteiger partial charge < -0.3 is 5.32 Å². The molecule has 0 unspecified atom stereocenters. The fourth-order valence-corrected chi connectivity index (χ4v) is 4.20. The van der Waals surface area contributed by atoms with Gasteiger partial charge in [-0.1, -0.05) is 6.07 Å². The van der Waals surface area contributed by atoms with E-state index in [2.05, 4.69) is 15.8 Å². The first-order valence-corrected chi connectivity index (χ1v) is 10.5. The van der Waals surface area contributed by atoms with Crippen LogP contribution in [-0.4, -0.2) is 43.3 Å². The maximum Gasteiger partial charge on any atom is 0.416 e. The van der Waals surface area contributed by atoms with E-state index >= 15 is 0 Å². The summed E-state index contributed by atoms with van der Waals surface area (Å²) in [5.74, 6) is -0.399. The number of halogens is 3. The fourth-order valence-electron chi connectivity index (χ4n) is 2.77. The van der Waals surface area contributed by atoms with Crippen LogP contribution >= 0.6 is 0 Å². The van der Waals surface area contributed by atoms with Gasteiger partial charge in [-0.25, -0.2) is 8.42 Å². The molecule has 2 N–H and O–H groups in total. The number of hydrogen-bond donors (Lipinski definition) is 2. The summed E-state index contributed by atoms with van der Waals surface area (Å²) in [5.41, 5.74) is 2.70. The Bertz CT molecular complexity index is 1060. The number of pyridine rings is 1. The van der Waals surface area contributed by atoms with Crippen LogP contribution in [0.25, 0.3) is 0 Å². The highest BCUT2D eigenvalue weighted by atomic mass is 32.2. The Hall–Kier alpha value is -2.96. The number of nitrogens with one attached hydrogen (secondary N) is 2. The Balaban J connectivity index is 1.53. The molecule has 1 amide bonds. The van der Waals surface area contributed by atoms with Crippen LogP contribution in [0.1, 0.15) is 12.0 Å².